The SMILES string of the molecule is CC(=O)N1CCc2[nH]nc(N3CCCc4cc(C5CCOCC5)c(C)cc43)c2C1.Cc1c(N2CCC3(CCN(c4ccc(OC5CCN(CC6CCCCC6)CC5)nn4)CC3)C2)ccc(C#N)c1Cl. The van der Waals surface area contributed by atoms with Crippen molar-refractivity contribution in [3.05, 3.63) is 80.5 Å². The van der Waals surface area contributed by atoms with Gasteiger partial charge in [0.05, 0.1) is 17.1 Å². The average Bonchev–Trinajstić information content (AvgIpc) is 4.00. The van der Waals surface area contributed by atoms with E-state index in [2.05, 4.69) is 72.2 Å². The fraction of sp³-hybridized carbons (Fsp3) is 0.618. The van der Waals surface area contributed by atoms with Gasteiger partial charge < -0.3 is 34.0 Å². The monoisotopic (exact) mass is 957 g/mol. The Labute approximate surface area is 414 Å². The first-order chi connectivity index (χ1) is 33.6. The molecule has 7 aliphatic rings. The molecule has 1 saturated carbocycles. The van der Waals surface area contributed by atoms with Crippen LogP contribution >= 0.6 is 11.6 Å². The lowest BCUT2D eigenvalue weighted by molar-refractivity contribution is -0.129. The summed E-state index contributed by atoms with van der Waals surface area (Å²) in [6.07, 6.45) is 18.3. The first-order valence-electron chi connectivity index (χ1n) is 26.4. The third kappa shape index (κ3) is 10.6. The molecule has 5 fully saturated rings. The molecular formula is C55H73ClN10O3. The molecule has 2 aromatic carbocycles. The Hall–Kier alpha value is -4.90. The van der Waals surface area contributed by atoms with Gasteiger partial charge in [-0.15, -0.1) is 10.2 Å². The fourth-order valence-electron chi connectivity index (χ4n) is 12.7. The van der Waals surface area contributed by atoms with Crippen molar-refractivity contribution in [3.8, 4) is 11.9 Å². The van der Waals surface area contributed by atoms with E-state index < -0.39 is 0 Å². The number of fused-ring (bicyclic) bond motifs is 2. The summed E-state index contributed by atoms with van der Waals surface area (Å²) in [4.78, 5) is 23.7. The molecule has 8 heterocycles. The number of likely N-dealkylation sites (tertiary alicyclic amines) is 1. The molecule has 1 amide bonds. The summed E-state index contributed by atoms with van der Waals surface area (Å²) in [6, 6.07) is 15.0. The molecule has 0 bridgehead atoms. The van der Waals surface area contributed by atoms with Crippen LogP contribution in [0.1, 0.15) is 135 Å². The van der Waals surface area contributed by atoms with Crippen molar-refractivity contribution in [1.29, 1.82) is 5.26 Å². The average molecular weight is 958 g/mol. The number of nitrogens with zero attached hydrogens (tertiary/aromatic N) is 9. The maximum absolute atomic E-state index is 11.9. The molecule has 69 heavy (non-hydrogen) atoms. The minimum Gasteiger partial charge on any atom is -0.473 e. The van der Waals surface area contributed by atoms with Gasteiger partial charge in [0, 0.05) is 114 Å². The minimum atomic E-state index is 0.138. The number of hydrogen-bond acceptors (Lipinski definition) is 11. The van der Waals surface area contributed by atoms with Gasteiger partial charge in [-0.2, -0.15) is 10.4 Å². The molecule has 1 N–H and O–H groups in total. The number of nitrogens with one attached hydrogen (secondary N) is 1. The lowest BCUT2D eigenvalue weighted by Gasteiger charge is -2.40. The standard InChI is InChI=1S/C32H43ClN6O.C23H30N4O2/c1-24-28(8-7-26(21-34)31(24)33)39-20-15-32(23-39)13-18-38(19-14-32)29-9-10-30(36-35-29)40-27-11-16-37(17-12-27)22-25-5-3-2-4-6-25;1-15-12-22-18(13-19(15)17-6-10-29-11-7-17)4-3-8-27(22)23-20-14-26(16(2)28)9-5-21(20)24-25-23/h7-10,25,27H,2-6,11-20,22-23H2,1H3;12-13,17H,3-11,14H2,1-2H3,(H,24,25). The van der Waals surface area contributed by atoms with Gasteiger partial charge in [0.15, 0.2) is 11.6 Å². The number of aromatic nitrogens is 4. The van der Waals surface area contributed by atoms with E-state index >= 15 is 0 Å². The van der Waals surface area contributed by atoms with Crippen LogP contribution in [0.15, 0.2) is 36.4 Å². The summed E-state index contributed by atoms with van der Waals surface area (Å²) >= 11 is 6.47. The van der Waals surface area contributed by atoms with Crippen molar-refractivity contribution in [3.63, 3.8) is 0 Å². The summed E-state index contributed by atoms with van der Waals surface area (Å²) in [7, 11) is 0. The van der Waals surface area contributed by atoms with Crippen molar-refractivity contribution in [2.45, 2.75) is 136 Å². The summed E-state index contributed by atoms with van der Waals surface area (Å²) in [5, 5.41) is 26.9. The maximum Gasteiger partial charge on any atom is 0.233 e. The quantitative estimate of drug-likeness (QED) is 0.181. The highest BCUT2D eigenvalue weighted by Crippen LogP contribution is 2.45. The molecule has 4 saturated heterocycles. The van der Waals surface area contributed by atoms with E-state index in [1.165, 1.54) is 84.4 Å². The second-order valence-corrected chi connectivity index (χ2v) is 21.7. The lowest BCUT2D eigenvalue weighted by Crippen LogP contribution is -2.42. The van der Waals surface area contributed by atoms with Crippen LogP contribution in [0.4, 0.5) is 23.0 Å². The molecule has 368 valence electrons. The molecule has 0 radical (unpaired) electrons. The number of carbonyl (C=O) groups is 1. The summed E-state index contributed by atoms with van der Waals surface area (Å²) < 4.78 is 11.8. The number of aromatic amines is 1. The zero-order valence-corrected chi connectivity index (χ0v) is 42.2. The zero-order chi connectivity index (χ0) is 47.5. The van der Waals surface area contributed by atoms with Crippen molar-refractivity contribution >= 4 is 40.5 Å². The van der Waals surface area contributed by atoms with E-state index in [1.807, 2.05) is 24.0 Å². The van der Waals surface area contributed by atoms with Gasteiger partial charge in [0.25, 0.3) is 0 Å². The van der Waals surface area contributed by atoms with Gasteiger partial charge in [-0.05, 0) is 148 Å². The Morgan fingerprint density at radius 3 is 2.36 bits per heavy atom. The number of anilines is 4. The molecular weight excluding hydrogens is 884 g/mol. The molecule has 1 aliphatic carbocycles. The molecule has 0 atom stereocenters. The smallest absolute Gasteiger partial charge is 0.233 e. The van der Waals surface area contributed by atoms with Crippen LogP contribution in [0.5, 0.6) is 5.88 Å². The summed E-state index contributed by atoms with van der Waals surface area (Å²) in [5.41, 5.74) is 11.0. The predicted molar refractivity (Wildman–Crippen MR) is 273 cm³/mol. The minimum absolute atomic E-state index is 0.138. The summed E-state index contributed by atoms with van der Waals surface area (Å²) in [6.45, 7) is 17.7. The van der Waals surface area contributed by atoms with Crippen LogP contribution < -0.4 is 19.4 Å². The molecule has 4 aromatic rings. The van der Waals surface area contributed by atoms with Crippen LogP contribution in [0.2, 0.25) is 5.02 Å². The van der Waals surface area contributed by atoms with Crippen molar-refractivity contribution in [1.82, 2.24) is 30.2 Å². The number of ether oxygens (including phenoxy) is 2. The normalized spacial score (nSPS) is 21.4. The van der Waals surface area contributed by atoms with Crippen LogP contribution in [-0.2, 0) is 28.9 Å². The largest absolute Gasteiger partial charge is 0.473 e. The van der Waals surface area contributed by atoms with Gasteiger partial charge in [-0.1, -0.05) is 36.9 Å². The van der Waals surface area contributed by atoms with Gasteiger partial charge in [-0.25, -0.2) is 0 Å². The van der Waals surface area contributed by atoms with Crippen LogP contribution in [0.3, 0.4) is 0 Å². The van der Waals surface area contributed by atoms with E-state index in [0.717, 1.165) is 146 Å². The van der Waals surface area contributed by atoms with Gasteiger partial charge >= 0.3 is 0 Å². The Morgan fingerprint density at radius 2 is 1.64 bits per heavy atom. The number of halogens is 1. The topological polar surface area (TPSA) is 130 Å². The van der Waals surface area contributed by atoms with Gasteiger partial charge in [0.2, 0.25) is 11.8 Å². The van der Waals surface area contributed by atoms with Crippen LogP contribution in [0.25, 0.3) is 0 Å². The van der Waals surface area contributed by atoms with Crippen molar-refractivity contribution < 1.29 is 14.3 Å². The number of aryl methyl sites for hydroxylation is 2. The number of nitriles is 1. The highest BCUT2D eigenvalue weighted by Gasteiger charge is 2.41. The molecule has 11 rings (SSSR count). The number of piperidine rings is 2. The number of hydrogen-bond donors (Lipinski definition) is 1. The van der Waals surface area contributed by atoms with E-state index in [9.17, 15) is 10.1 Å². The first kappa shape index (κ1) is 47.8. The highest BCUT2D eigenvalue weighted by molar-refractivity contribution is 6.32. The second kappa shape index (κ2) is 21.2. The third-order valence-corrected chi connectivity index (χ3v) is 17.4. The number of benzene rings is 2. The fourth-order valence-corrected chi connectivity index (χ4v) is 12.9. The second-order valence-electron chi connectivity index (χ2n) is 21.4. The molecule has 13 nitrogen and oxygen atoms in total. The van der Waals surface area contributed by atoms with Gasteiger partial charge in [-0.3, -0.25) is 9.89 Å². The molecule has 2 aromatic heterocycles. The number of amides is 1. The zero-order valence-electron chi connectivity index (χ0n) is 41.4. The molecule has 14 heteroatoms. The number of rotatable bonds is 8. The van der Waals surface area contributed by atoms with E-state index in [1.54, 1.807) is 6.92 Å². The van der Waals surface area contributed by atoms with E-state index in [4.69, 9.17) is 26.2 Å². The van der Waals surface area contributed by atoms with E-state index in [0.29, 0.717) is 34.3 Å². The van der Waals surface area contributed by atoms with E-state index in [-0.39, 0.29) is 12.0 Å². The van der Waals surface area contributed by atoms with Crippen molar-refractivity contribution in [2.75, 3.05) is 86.8 Å². The van der Waals surface area contributed by atoms with Crippen molar-refractivity contribution in [2.24, 2.45) is 11.3 Å². The molecule has 6 aliphatic heterocycles. The first-order valence-corrected chi connectivity index (χ1v) is 26.7. The number of carbonyl (C=O) groups excluding carboxylic acids is 1. The Bertz CT molecular complexity index is 2460. The molecule has 0 unspecified atom stereocenters. The van der Waals surface area contributed by atoms with Crippen LogP contribution in [-0.4, -0.2) is 114 Å². The Kier molecular flexibility index (Phi) is 14.7. The van der Waals surface area contributed by atoms with Crippen LogP contribution in [0, 0.1) is 36.5 Å². The summed E-state index contributed by atoms with van der Waals surface area (Å²) in [5.74, 6) is 4.28. The highest BCUT2D eigenvalue weighted by atomic mass is 35.5. The van der Waals surface area contributed by atoms with Gasteiger partial charge in [0.1, 0.15) is 12.2 Å². The number of H-pyrrole nitrogens is 1. The predicted octanol–water partition coefficient (Wildman–Crippen LogP) is 9.83. The Balaban J connectivity index is 0.000000169. The molecule has 1 spiro atoms. The lowest BCUT2D eigenvalue weighted by atomic mass is 9.78. The third-order valence-electron chi connectivity index (χ3n) is 17.0. The maximum atomic E-state index is 11.9. The Morgan fingerprint density at radius 1 is 0.870 bits per heavy atom.